The molecule has 0 saturated heterocycles. The molecule has 1 aromatic heterocycles. The second-order valence-corrected chi connectivity index (χ2v) is 5.30. The minimum Gasteiger partial charge on any atom is -0.478 e. The Morgan fingerprint density at radius 2 is 2.37 bits per heavy atom. The van der Waals surface area contributed by atoms with Crippen molar-refractivity contribution in [2.24, 2.45) is 5.41 Å². The van der Waals surface area contributed by atoms with Crippen molar-refractivity contribution < 1.29 is 14.6 Å². The molecule has 0 amide bonds. The molecule has 1 aliphatic carbocycles. The molecule has 5 nitrogen and oxygen atoms in total. The zero-order valence-electron chi connectivity index (χ0n) is 10.8. The Hall–Kier alpha value is -1.33. The maximum absolute atomic E-state index is 11.0. The number of hydrogen-bond donors (Lipinski definition) is 2. The van der Waals surface area contributed by atoms with Crippen molar-refractivity contribution in [3.8, 4) is 0 Å². The number of carboxylic acid groups (broad SMARTS) is 1. The van der Waals surface area contributed by atoms with Gasteiger partial charge in [0.25, 0.3) is 0 Å². The molecular formula is C13H17ClN2O3. The van der Waals surface area contributed by atoms with Gasteiger partial charge in [0.05, 0.1) is 10.6 Å². The fourth-order valence-electron chi connectivity index (χ4n) is 2.01. The summed E-state index contributed by atoms with van der Waals surface area (Å²) in [5.41, 5.74) is 0.321. The zero-order chi connectivity index (χ0) is 13.9. The Labute approximate surface area is 116 Å². The van der Waals surface area contributed by atoms with Crippen molar-refractivity contribution in [3.05, 3.63) is 22.8 Å². The molecule has 0 radical (unpaired) electrons. The minimum absolute atomic E-state index is 0.0703. The van der Waals surface area contributed by atoms with E-state index in [0.717, 1.165) is 32.4 Å². The maximum atomic E-state index is 11.0. The number of pyridine rings is 1. The number of rotatable bonds is 7. The number of halogens is 1. The molecular weight excluding hydrogens is 268 g/mol. The first-order valence-corrected chi connectivity index (χ1v) is 6.56. The van der Waals surface area contributed by atoms with Crippen LogP contribution in [-0.4, -0.2) is 36.3 Å². The van der Waals surface area contributed by atoms with E-state index in [-0.39, 0.29) is 16.0 Å². The van der Waals surface area contributed by atoms with Crippen molar-refractivity contribution in [2.75, 3.05) is 25.6 Å². The summed E-state index contributed by atoms with van der Waals surface area (Å²) in [6.45, 7) is 1.48. The fraction of sp³-hybridized carbons (Fsp3) is 0.538. The SMILES string of the molecule is COCCC1(CNc2nccc(C(=O)O)c2Cl)CC1. The number of nitrogens with one attached hydrogen (secondary N) is 1. The predicted octanol–water partition coefficient (Wildman–Crippen LogP) is 2.66. The molecule has 1 heterocycles. The molecule has 0 aromatic carbocycles. The molecule has 1 fully saturated rings. The van der Waals surface area contributed by atoms with Gasteiger partial charge >= 0.3 is 5.97 Å². The molecule has 2 N–H and O–H groups in total. The third kappa shape index (κ3) is 3.36. The van der Waals surface area contributed by atoms with Gasteiger partial charge in [-0.15, -0.1) is 0 Å². The third-order valence-corrected chi connectivity index (χ3v) is 3.93. The number of methoxy groups -OCH3 is 1. The summed E-state index contributed by atoms with van der Waals surface area (Å²) in [5.74, 6) is -0.610. The van der Waals surface area contributed by atoms with Crippen LogP contribution in [0.25, 0.3) is 0 Å². The van der Waals surface area contributed by atoms with Crippen LogP contribution < -0.4 is 5.32 Å². The lowest BCUT2D eigenvalue weighted by atomic mass is 10.0. The lowest BCUT2D eigenvalue weighted by molar-refractivity contribution is 0.0697. The topological polar surface area (TPSA) is 71.5 Å². The number of aromatic nitrogens is 1. The number of anilines is 1. The molecule has 0 unspecified atom stereocenters. The Balaban J connectivity index is 2.00. The Bertz CT molecular complexity index is 475. The van der Waals surface area contributed by atoms with Gasteiger partial charge in [0, 0.05) is 26.5 Å². The van der Waals surface area contributed by atoms with E-state index < -0.39 is 5.97 Å². The van der Waals surface area contributed by atoms with Gasteiger partial charge in [-0.05, 0) is 30.7 Å². The van der Waals surface area contributed by atoms with Gasteiger partial charge in [-0.25, -0.2) is 9.78 Å². The third-order valence-electron chi connectivity index (χ3n) is 3.54. The van der Waals surface area contributed by atoms with Crippen molar-refractivity contribution in [3.63, 3.8) is 0 Å². The lowest BCUT2D eigenvalue weighted by Gasteiger charge is -2.16. The quantitative estimate of drug-likeness (QED) is 0.805. The average molecular weight is 285 g/mol. The molecule has 0 bridgehead atoms. The summed E-state index contributed by atoms with van der Waals surface area (Å²) in [6.07, 6.45) is 4.75. The molecule has 6 heteroatoms. The van der Waals surface area contributed by atoms with Gasteiger partial charge < -0.3 is 15.2 Å². The summed E-state index contributed by atoms with van der Waals surface area (Å²) in [6, 6.07) is 1.40. The summed E-state index contributed by atoms with van der Waals surface area (Å²) in [7, 11) is 1.69. The first kappa shape index (κ1) is 14.1. The number of ether oxygens (including phenoxy) is 1. The molecule has 19 heavy (non-hydrogen) atoms. The second kappa shape index (κ2) is 5.75. The molecule has 1 aliphatic rings. The van der Waals surface area contributed by atoms with E-state index in [0.29, 0.717) is 5.82 Å². The lowest BCUT2D eigenvalue weighted by Crippen LogP contribution is -2.18. The first-order chi connectivity index (χ1) is 9.08. The van der Waals surface area contributed by atoms with Crippen molar-refractivity contribution in [1.82, 2.24) is 4.98 Å². The highest BCUT2D eigenvalue weighted by Gasteiger charge is 2.41. The number of aromatic carboxylic acids is 1. The van der Waals surface area contributed by atoms with E-state index in [1.165, 1.54) is 12.3 Å². The van der Waals surface area contributed by atoms with E-state index in [4.69, 9.17) is 21.4 Å². The van der Waals surface area contributed by atoms with E-state index in [1.807, 2.05) is 0 Å². The molecule has 0 aliphatic heterocycles. The first-order valence-electron chi connectivity index (χ1n) is 6.19. The zero-order valence-corrected chi connectivity index (χ0v) is 11.5. The van der Waals surface area contributed by atoms with Crippen LogP contribution in [0.2, 0.25) is 5.02 Å². The van der Waals surface area contributed by atoms with E-state index >= 15 is 0 Å². The van der Waals surface area contributed by atoms with Gasteiger partial charge in [0.2, 0.25) is 0 Å². The molecule has 2 rings (SSSR count). The summed E-state index contributed by atoms with van der Waals surface area (Å²) >= 11 is 6.03. The highest BCUT2D eigenvalue weighted by molar-refractivity contribution is 6.35. The van der Waals surface area contributed by atoms with Gasteiger partial charge in [-0.3, -0.25) is 0 Å². The second-order valence-electron chi connectivity index (χ2n) is 4.92. The van der Waals surface area contributed by atoms with Crippen LogP contribution in [0.3, 0.4) is 0 Å². The van der Waals surface area contributed by atoms with Gasteiger partial charge in [-0.1, -0.05) is 11.6 Å². The minimum atomic E-state index is -1.05. The van der Waals surface area contributed by atoms with Crippen LogP contribution in [0.5, 0.6) is 0 Å². The molecule has 0 spiro atoms. The molecule has 0 atom stereocenters. The molecule has 1 saturated carbocycles. The number of hydrogen-bond acceptors (Lipinski definition) is 4. The van der Waals surface area contributed by atoms with Crippen LogP contribution in [0.15, 0.2) is 12.3 Å². The maximum Gasteiger partial charge on any atom is 0.337 e. The number of nitrogens with zero attached hydrogens (tertiary/aromatic N) is 1. The van der Waals surface area contributed by atoms with E-state index in [2.05, 4.69) is 10.3 Å². The Kier molecular flexibility index (Phi) is 4.27. The van der Waals surface area contributed by atoms with Crippen molar-refractivity contribution >= 4 is 23.4 Å². The van der Waals surface area contributed by atoms with Crippen molar-refractivity contribution in [1.29, 1.82) is 0 Å². The largest absolute Gasteiger partial charge is 0.478 e. The Morgan fingerprint density at radius 1 is 1.63 bits per heavy atom. The highest BCUT2D eigenvalue weighted by atomic mass is 35.5. The monoisotopic (exact) mass is 284 g/mol. The average Bonchev–Trinajstić information content (AvgIpc) is 3.15. The highest BCUT2D eigenvalue weighted by Crippen LogP contribution is 2.48. The van der Waals surface area contributed by atoms with Crippen LogP contribution in [-0.2, 0) is 4.74 Å². The van der Waals surface area contributed by atoms with Crippen LogP contribution in [0, 0.1) is 5.41 Å². The van der Waals surface area contributed by atoms with Crippen molar-refractivity contribution in [2.45, 2.75) is 19.3 Å². The number of carboxylic acids is 1. The van der Waals surface area contributed by atoms with E-state index in [9.17, 15) is 4.79 Å². The van der Waals surface area contributed by atoms with Gasteiger partial charge in [0.15, 0.2) is 0 Å². The fourth-order valence-corrected chi connectivity index (χ4v) is 2.27. The number of carbonyl (C=O) groups is 1. The normalized spacial score (nSPS) is 16.1. The van der Waals surface area contributed by atoms with Crippen LogP contribution >= 0.6 is 11.6 Å². The smallest absolute Gasteiger partial charge is 0.337 e. The van der Waals surface area contributed by atoms with E-state index in [1.54, 1.807) is 7.11 Å². The summed E-state index contributed by atoms with van der Waals surface area (Å²) in [4.78, 5) is 15.1. The molecule has 1 aromatic rings. The summed E-state index contributed by atoms with van der Waals surface area (Å²) < 4.78 is 5.10. The van der Waals surface area contributed by atoms with Crippen LogP contribution in [0.4, 0.5) is 5.82 Å². The van der Waals surface area contributed by atoms with Gasteiger partial charge in [0.1, 0.15) is 5.82 Å². The predicted molar refractivity (Wildman–Crippen MR) is 72.9 cm³/mol. The summed E-state index contributed by atoms with van der Waals surface area (Å²) in [5, 5.41) is 12.3. The Morgan fingerprint density at radius 3 is 2.95 bits per heavy atom. The molecule has 104 valence electrons. The van der Waals surface area contributed by atoms with Crippen LogP contribution in [0.1, 0.15) is 29.6 Å². The standard InChI is InChI=1S/C13H17ClN2O3/c1-19-7-5-13(3-4-13)8-16-11-10(14)9(12(17)18)2-6-15-11/h2,6H,3-5,7-8H2,1H3,(H,15,16)(H,17,18). The van der Waals surface area contributed by atoms with Gasteiger partial charge in [-0.2, -0.15) is 0 Å².